The molecule has 1 atom stereocenters. The van der Waals surface area contributed by atoms with Crippen LogP contribution in [0.15, 0.2) is 54.0 Å². The van der Waals surface area contributed by atoms with Crippen LogP contribution in [-0.4, -0.2) is 39.8 Å². The Morgan fingerprint density at radius 3 is 2.63 bits per heavy atom. The maximum Gasteiger partial charge on any atom is 0.263 e. The first kappa shape index (κ1) is 20.3. The van der Waals surface area contributed by atoms with Gasteiger partial charge in [0.2, 0.25) is 5.91 Å². The number of likely N-dealkylation sites (tertiary alicyclic amines) is 1. The average molecular weight is 423 g/mol. The molecule has 3 heterocycles. The van der Waals surface area contributed by atoms with Crippen LogP contribution in [0.4, 0.5) is 0 Å². The summed E-state index contributed by atoms with van der Waals surface area (Å²) in [6.07, 6.45) is 3.94. The zero-order valence-electron chi connectivity index (χ0n) is 17.0. The summed E-state index contributed by atoms with van der Waals surface area (Å²) in [5, 5.41) is 5.07. The number of carbonyl (C=O) groups is 2. The van der Waals surface area contributed by atoms with Crippen molar-refractivity contribution in [3.8, 4) is 11.3 Å². The van der Waals surface area contributed by atoms with Crippen LogP contribution in [0, 0.1) is 5.92 Å². The summed E-state index contributed by atoms with van der Waals surface area (Å²) in [6.45, 7) is 3.27. The van der Waals surface area contributed by atoms with E-state index >= 15 is 0 Å². The minimum atomic E-state index is -0.152. The number of imidazole rings is 1. The number of thiophene rings is 1. The molecule has 1 aromatic carbocycles. The lowest BCUT2D eigenvalue weighted by molar-refractivity contribution is -0.127. The summed E-state index contributed by atoms with van der Waals surface area (Å²) >= 11 is 1.46. The van der Waals surface area contributed by atoms with Crippen molar-refractivity contribution in [1.82, 2.24) is 20.2 Å². The Labute approximate surface area is 180 Å². The Bertz CT molecular complexity index is 976. The van der Waals surface area contributed by atoms with Crippen molar-refractivity contribution in [3.05, 3.63) is 64.7 Å². The minimum Gasteiger partial charge on any atom is -0.346 e. The van der Waals surface area contributed by atoms with Crippen LogP contribution < -0.4 is 5.32 Å². The number of rotatable bonds is 6. The molecule has 2 aromatic heterocycles. The maximum absolute atomic E-state index is 12.9. The van der Waals surface area contributed by atoms with Gasteiger partial charge in [0, 0.05) is 19.0 Å². The second-order valence-electron chi connectivity index (χ2n) is 7.56. The summed E-state index contributed by atoms with van der Waals surface area (Å²) in [5.74, 6) is 0.812. The molecule has 0 saturated carbocycles. The van der Waals surface area contributed by atoms with Gasteiger partial charge in [0.05, 0.1) is 22.8 Å². The van der Waals surface area contributed by atoms with Gasteiger partial charge in [-0.05, 0) is 36.3 Å². The molecule has 3 aromatic rings. The van der Waals surface area contributed by atoms with Crippen LogP contribution in [0.5, 0.6) is 0 Å². The zero-order valence-corrected chi connectivity index (χ0v) is 17.8. The summed E-state index contributed by atoms with van der Waals surface area (Å²) in [7, 11) is 0. The highest BCUT2D eigenvalue weighted by molar-refractivity contribution is 7.12. The molecular weight excluding hydrogens is 396 g/mol. The molecule has 0 aliphatic carbocycles. The molecule has 7 heteroatoms. The second-order valence-corrected chi connectivity index (χ2v) is 8.51. The third-order valence-electron chi connectivity index (χ3n) is 5.62. The fourth-order valence-electron chi connectivity index (χ4n) is 3.83. The Morgan fingerprint density at radius 2 is 1.97 bits per heavy atom. The zero-order chi connectivity index (χ0) is 20.9. The molecule has 1 saturated heterocycles. The summed E-state index contributed by atoms with van der Waals surface area (Å²) in [4.78, 5) is 35.8. The Morgan fingerprint density at radius 1 is 1.20 bits per heavy atom. The summed E-state index contributed by atoms with van der Waals surface area (Å²) in [6, 6.07) is 13.6. The Hall–Kier alpha value is -2.93. The highest BCUT2D eigenvalue weighted by Crippen LogP contribution is 2.24. The van der Waals surface area contributed by atoms with E-state index in [9.17, 15) is 9.59 Å². The van der Waals surface area contributed by atoms with E-state index in [1.54, 1.807) is 0 Å². The van der Waals surface area contributed by atoms with E-state index in [2.05, 4.69) is 15.3 Å². The number of nitrogens with zero attached hydrogens (tertiary/aromatic N) is 2. The fraction of sp³-hybridized carbons (Fsp3) is 0.348. The lowest BCUT2D eigenvalue weighted by Gasteiger charge is -2.31. The van der Waals surface area contributed by atoms with Gasteiger partial charge in [-0.2, -0.15) is 0 Å². The molecular formula is C23H26N4O2S. The number of aromatic nitrogens is 2. The third-order valence-corrected chi connectivity index (χ3v) is 6.48. The molecule has 1 aliphatic heterocycles. The monoisotopic (exact) mass is 422 g/mol. The number of amides is 2. The topological polar surface area (TPSA) is 78.1 Å². The van der Waals surface area contributed by atoms with E-state index in [1.807, 2.05) is 65.9 Å². The average Bonchev–Trinajstić information content (AvgIpc) is 3.50. The highest BCUT2D eigenvalue weighted by Gasteiger charge is 2.29. The first-order valence-electron chi connectivity index (χ1n) is 10.4. The molecule has 4 rings (SSSR count). The molecule has 30 heavy (non-hydrogen) atoms. The van der Waals surface area contributed by atoms with Crippen molar-refractivity contribution in [1.29, 1.82) is 0 Å². The van der Waals surface area contributed by atoms with E-state index < -0.39 is 0 Å². The van der Waals surface area contributed by atoms with Gasteiger partial charge in [-0.1, -0.05) is 43.3 Å². The van der Waals surface area contributed by atoms with E-state index in [0.29, 0.717) is 25.9 Å². The van der Waals surface area contributed by atoms with Crippen molar-refractivity contribution < 1.29 is 9.59 Å². The Balaban J connectivity index is 1.34. The van der Waals surface area contributed by atoms with Gasteiger partial charge in [-0.3, -0.25) is 9.59 Å². The van der Waals surface area contributed by atoms with Crippen molar-refractivity contribution in [3.63, 3.8) is 0 Å². The van der Waals surface area contributed by atoms with Gasteiger partial charge >= 0.3 is 0 Å². The van der Waals surface area contributed by atoms with E-state index in [-0.39, 0.29) is 23.8 Å². The normalized spacial score (nSPS) is 15.7. The molecule has 2 N–H and O–H groups in total. The number of hydrogen-bond donors (Lipinski definition) is 2. The molecule has 1 fully saturated rings. The Kier molecular flexibility index (Phi) is 6.28. The predicted molar refractivity (Wildman–Crippen MR) is 118 cm³/mol. The molecule has 6 nitrogen and oxygen atoms in total. The van der Waals surface area contributed by atoms with Crippen molar-refractivity contribution in [2.24, 2.45) is 5.92 Å². The lowest BCUT2D eigenvalue weighted by atomic mass is 9.95. The smallest absolute Gasteiger partial charge is 0.263 e. The number of carbonyl (C=O) groups excluding carboxylic acids is 2. The van der Waals surface area contributed by atoms with Crippen LogP contribution in [0.1, 0.15) is 47.7 Å². The largest absolute Gasteiger partial charge is 0.346 e. The first-order valence-corrected chi connectivity index (χ1v) is 11.3. The fourth-order valence-corrected chi connectivity index (χ4v) is 4.52. The number of nitrogens with one attached hydrogen (secondary N) is 2. The molecule has 0 bridgehead atoms. The van der Waals surface area contributed by atoms with Crippen molar-refractivity contribution in [2.45, 2.75) is 32.2 Å². The number of H-pyrrole nitrogens is 1. The van der Waals surface area contributed by atoms with Gasteiger partial charge in [-0.15, -0.1) is 11.3 Å². The molecule has 156 valence electrons. The predicted octanol–water partition coefficient (Wildman–Crippen LogP) is 4.26. The van der Waals surface area contributed by atoms with Crippen molar-refractivity contribution >= 4 is 23.2 Å². The van der Waals surface area contributed by atoms with Crippen LogP contribution in [0.3, 0.4) is 0 Å². The third kappa shape index (κ3) is 4.46. The summed E-state index contributed by atoms with van der Waals surface area (Å²) in [5.41, 5.74) is 2.01. The van der Waals surface area contributed by atoms with Gasteiger partial charge < -0.3 is 15.2 Å². The van der Waals surface area contributed by atoms with E-state index in [4.69, 9.17) is 0 Å². The SMILES string of the molecule is CCC(NC(=O)C1CCN(C(=O)c2cccs2)CC1)c1ncc(-c2ccccc2)[nH]1. The number of piperidine rings is 1. The molecule has 2 amide bonds. The molecule has 0 spiro atoms. The van der Waals surface area contributed by atoms with Gasteiger partial charge in [0.1, 0.15) is 5.82 Å². The van der Waals surface area contributed by atoms with Gasteiger partial charge in [-0.25, -0.2) is 4.98 Å². The number of benzene rings is 1. The van der Waals surface area contributed by atoms with Crippen molar-refractivity contribution in [2.75, 3.05) is 13.1 Å². The summed E-state index contributed by atoms with van der Waals surface area (Å²) < 4.78 is 0. The maximum atomic E-state index is 12.9. The molecule has 1 unspecified atom stereocenters. The van der Waals surface area contributed by atoms with Crippen LogP contribution in [0.2, 0.25) is 0 Å². The highest BCUT2D eigenvalue weighted by atomic mass is 32.1. The van der Waals surface area contributed by atoms with Crippen LogP contribution >= 0.6 is 11.3 Å². The first-order chi connectivity index (χ1) is 14.7. The second kappa shape index (κ2) is 9.26. The van der Waals surface area contributed by atoms with Gasteiger partial charge in [0.15, 0.2) is 0 Å². The lowest BCUT2D eigenvalue weighted by Crippen LogP contribution is -2.43. The van der Waals surface area contributed by atoms with E-state index in [0.717, 1.165) is 28.4 Å². The van der Waals surface area contributed by atoms with E-state index in [1.165, 1.54) is 11.3 Å². The quantitative estimate of drug-likeness (QED) is 0.623. The van der Waals surface area contributed by atoms with Crippen LogP contribution in [-0.2, 0) is 4.79 Å². The van der Waals surface area contributed by atoms with Gasteiger partial charge in [0.25, 0.3) is 5.91 Å². The van der Waals surface area contributed by atoms with Crippen LogP contribution in [0.25, 0.3) is 11.3 Å². The minimum absolute atomic E-state index is 0.0442. The number of hydrogen-bond acceptors (Lipinski definition) is 4. The molecule has 0 radical (unpaired) electrons. The standard InChI is InChI=1S/C23H26N4O2S/c1-2-18(21-24-15-19(25-21)16-7-4-3-5-8-16)26-22(28)17-10-12-27(13-11-17)23(29)20-9-6-14-30-20/h3-9,14-15,17-18H,2,10-13H2,1H3,(H,24,25)(H,26,28). The number of aromatic amines is 1. The molecule has 1 aliphatic rings.